The van der Waals surface area contributed by atoms with Crippen LogP contribution in [0.4, 0.5) is 10.1 Å². The lowest BCUT2D eigenvalue weighted by Crippen LogP contribution is -2.31. The van der Waals surface area contributed by atoms with Crippen molar-refractivity contribution in [2.45, 2.75) is 25.9 Å². The molecule has 1 heterocycles. The molecule has 0 spiro atoms. The third kappa shape index (κ3) is 6.41. The summed E-state index contributed by atoms with van der Waals surface area (Å²) >= 11 is 13.9. The standard InChI is InChI=1S/C20H21Cl2FN4O2S.ClH/c1-10(2)25-17-4-3-11(5-15(17)22)19-26-27-20(30-19)13-6-16(23)18(7-14(13)21)29-9-12(24)8-28;/h3-7,10,12,25,28H,8-9,24H2,1-2H3;1H/t12-;/m0./s1. The summed E-state index contributed by atoms with van der Waals surface area (Å²) in [7, 11) is 0. The largest absolute Gasteiger partial charge is 0.489 e. The lowest BCUT2D eigenvalue weighted by molar-refractivity contribution is 0.202. The third-order valence-corrected chi connectivity index (χ3v) is 5.66. The summed E-state index contributed by atoms with van der Waals surface area (Å²) in [5.41, 5.74) is 7.61. The Hall–Kier alpha value is -1.68. The van der Waals surface area contributed by atoms with Gasteiger partial charge in [0, 0.05) is 23.2 Å². The van der Waals surface area contributed by atoms with Gasteiger partial charge in [-0.3, -0.25) is 0 Å². The Kier molecular flexibility index (Phi) is 9.29. The first-order valence-corrected chi connectivity index (χ1v) is 10.7. The maximum absolute atomic E-state index is 14.4. The Morgan fingerprint density at radius 1 is 1.16 bits per heavy atom. The van der Waals surface area contributed by atoms with E-state index in [1.165, 1.54) is 23.5 Å². The first-order valence-electron chi connectivity index (χ1n) is 9.17. The number of anilines is 1. The molecule has 0 radical (unpaired) electrons. The first kappa shape index (κ1) is 25.6. The lowest BCUT2D eigenvalue weighted by Gasteiger charge is -2.12. The number of benzene rings is 2. The predicted octanol–water partition coefficient (Wildman–Crippen LogP) is 5.26. The highest BCUT2D eigenvalue weighted by Gasteiger charge is 2.17. The fraction of sp³-hybridized carbons (Fsp3) is 0.300. The minimum absolute atomic E-state index is 0. The van der Waals surface area contributed by atoms with E-state index < -0.39 is 11.9 Å². The summed E-state index contributed by atoms with van der Waals surface area (Å²) in [4.78, 5) is 0. The van der Waals surface area contributed by atoms with Crippen LogP contribution in [0.1, 0.15) is 13.8 Å². The maximum atomic E-state index is 14.4. The molecule has 3 rings (SSSR count). The number of rotatable bonds is 8. The van der Waals surface area contributed by atoms with Gasteiger partial charge in [-0.05, 0) is 38.1 Å². The molecule has 0 saturated heterocycles. The van der Waals surface area contributed by atoms with E-state index in [0.29, 0.717) is 20.6 Å². The van der Waals surface area contributed by atoms with Crippen molar-refractivity contribution in [2.75, 3.05) is 18.5 Å². The van der Waals surface area contributed by atoms with Crippen LogP contribution in [0.15, 0.2) is 30.3 Å². The summed E-state index contributed by atoms with van der Waals surface area (Å²) in [6, 6.07) is 7.84. The second kappa shape index (κ2) is 11.3. The molecule has 6 nitrogen and oxygen atoms in total. The van der Waals surface area contributed by atoms with Gasteiger partial charge in [0.15, 0.2) is 11.6 Å². The van der Waals surface area contributed by atoms with Crippen LogP contribution >= 0.6 is 46.9 Å². The summed E-state index contributed by atoms with van der Waals surface area (Å²) in [5, 5.41) is 22.5. The molecule has 0 aliphatic heterocycles. The number of aromatic nitrogens is 2. The van der Waals surface area contributed by atoms with E-state index in [1.54, 1.807) is 6.07 Å². The molecular weight excluding hydrogens is 486 g/mol. The van der Waals surface area contributed by atoms with E-state index in [9.17, 15) is 4.39 Å². The van der Waals surface area contributed by atoms with Gasteiger partial charge in [-0.2, -0.15) is 0 Å². The molecule has 0 saturated carbocycles. The first-order chi connectivity index (χ1) is 14.3. The van der Waals surface area contributed by atoms with Gasteiger partial charge in [-0.15, -0.1) is 22.6 Å². The Bertz CT molecular complexity index is 1040. The molecule has 1 atom stereocenters. The Morgan fingerprint density at radius 3 is 2.52 bits per heavy atom. The molecule has 1 aromatic heterocycles. The van der Waals surface area contributed by atoms with Gasteiger partial charge in [0.2, 0.25) is 0 Å². The van der Waals surface area contributed by atoms with Crippen LogP contribution in [0.2, 0.25) is 10.0 Å². The highest BCUT2D eigenvalue weighted by Crippen LogP contribution is 2.38. The number of ether oxygens (including phenoxy) is 1. The zero-order valence-corrected chi connectivity index (χ0v) is 19.9. The molecule has 11 heteroatoms. The van der Waals surface area contributed by atoms with Gasteiger partial charge in [0.05, 0.1) is 28.4 Å². The number of aliphatic hydroxyl groups excluding tert-OH is 1. The van der Waals surface area contributed by atoms with Gasteiger partial charge in [0.25, 0.3) is 0 Å². The van der Waals surface area contributed by atoms with Crippen molar-refractivity contribution in [2.24, 2.45) is 5.73 Å². The molecule has 168 valence electrons. The average molecular weight is 508 g/mol. The third-order valence-electron chi connectivity index (χ3n) is 4.02. The van der Waals surface area contributed by atoms with Gasteiger partial charge in [-0.25, -0.2) is 4.39 Å². The van der Waals surface area contributed by atoms with Gasteiger partial charge >= 0.3 is 0 Å². The zero-order chi connectivity index (χ0) is 21.8. The molecule has 2 aromatic carbocycles. The number of hydrogen-bond donors (Lipinski definition) is 3. The molecule has 0 bridgehead atoms. The van der Waals surface area contributed by atoms with Crippen LogP contribution in [0.25, 0.3) is 21.1 Å². The van der Waals surface area contributed by atoms with Crippen molar-refractivity contribution in [3.63, 3.8) is 0 Å². The molecule has 0 unspecified atom stereocenters. The van der Waals surface area contributed by atoms with Crippen LogP contribution in [0, 0.1) is 5.82 Å². The monoisotopic (exact) mass is 506 g/mol. The number of nitrogens with two attached hydrogens (primary N) is 1. The molecule has 4 N–H and O–H groups in total. The van der Waals surface area contributed by atoms with E-state index in [2.05, 4.69) is 15.5 Å². The van der Waals surface area contributed by atoms with E-state index in [4.69, 9.17) is 38.8 Å². The highest BCUT2D eigenvalue weighted by atomic mass is 35.5. The predicted molar refractivity (Wildman–Crippen MR) is 127 cm³/mol. The van der Waals surface area contributed by atoms with E-state index in [-0.39, 0.29) is 42.4 Å². The minimum atomic E-state index is -0.609. The van der Waals surface area contributed by atoms with Crippen LogP contribution in [0.5, 0.6) is 5.75 Å². The summed E-state index contributed by atoms with van der Waals surface area (Å²) in [6.45, 7) is 3.76. The Morgan fingerprint density at radius 2 is 1.87 bits per heavy atom. The minimum Gasteiger partial charge on any atom is -0.489 e. The Labute approximate surface area is 200 Å². The normalized spacial score (nSPS) is 11.9. The second-order valence-corrected chi connectivity index (χ2v) is 8.71. The second-order valence-electron chi connectivity index (χ2n) is 6.92. The fourth-order valence-corrected chi connectivity index (χ4v) is 3.98. The highest BCUT2D eigenvalue weighted by molar-refractivity contribution is 7.18. The smallest absolute Gasteiger partial charge is 0.165 e. The van der Waals surface area contributed by atoms with E-state index in [0.717, 1.165) is 11.3 Å². The maximum Gasteiger partial charge on any atom is 0.165 e. The Balaban J connectivity index is 0.00000341. The van der Waals surface area contributed by atoms with E-state index >= 15 is 0 Å². The summed E-state index contributed by atoms with van der Waals surface area (Å²) in [6.07, 6.45) is 0. The fourth-order valence-electron chi connectivity index (χ4n) is 2.58. The molecular formula is C20H22Cl3FN4O2S. The van der Waals surface area contributed by atoms with Gasteiger partial charge in [0.1, 0.15) is 16.6 Å². The van der Waals surface area contributed by atoms with Gasteiger partial charge < -0.3 is 20.9 Å². The van der Waals surface area contributed by atoms with Crippen molar-refractivity contribution in [3.8, 4) is 26.9 Å². The molecule has 3 aromatic rings. The SMILES string of the molecule is CC(C)Nc1ccc(-c2nnc(-c3cc(F)c(OC[C@@H](N)CO)cc3Cl)s2)cc1Cl.Cl. The van der Waals surface area contributed by atoms with Crippen LogP contribution in [0.3, 0.4) is 0 Å². The molecule has 0 amide bonds. The number of aliphatic hydroxyl groups is 1. The summed E-state index contributed by atoms with van der Waals surface area (Å²) < 4.78 is 19.7. The van der Waals surface area contributed by atoms with Crippen LogP contribution in [-0.4, -0.2) is 40.6 Å². The topological polar surface area (TPSA) is 93.3 Å². The van der Waals surface area contributed by atoms with E-state index in [1.807, 2.05) is 26.0 Å². The quantitative estimate of drug-likeness (QED) is 0.385. The van der Waals surface area contributed by atoms with Crippen molar-refractivity contribution >= 4 is 52.6 Å². The average Bonchev–Trinajstić information content (AvgIpc) is 3.19. The number of hydrogen-bond acceptors (Lipinski definition) is 7. The van der Waals surface area contributed by atoms with Gasteiger partial charge in [-0.1, -0.05) is 34.5 Å². The van der Waals surface area contributed by atoms with Crippen LogP contribution < -0.4 is 15.8 Å². The number of halogens is 4. The number of nitrogens with one attached hydrogen (secondary N) is 1. The van der Waals surface area contributed by atoms with Crippen LogP contribution in [-0.2, 0) is 0 Å². The molecule has 0 aliphatic rings. The molecule has 0 aliphatic carbocycles. The summed E-state index contributed by atoms with van der Waals surface area (Å²) in [5.74, 6) is -0.652. The zero-order valence-electron chi connectivity index (χ0n) is 16.7. The van der Waals surface area contributed by atoms with Crippen molar-refractivity contribution in [1.82, 2.24) is 10.2 Å². The van der Waals surface area contributed by atoms with Crippen molar-refractivity contribution < 1.29 is 14.2 Å². The lowest BCUT2D eigenvalue weighted by atomic mass is 10.2. The number of nitrogens with zero attached hydrogens (tertiary/aromatic N) is 2. The molecule has 0 fully saturated rings. The molecule has 31 heavy (non-hydrogen) atoms. The van der Waals surface area contributed by atoms with Crippen molar-refractivity contribution in [3.05, 3.63) is 46.2 Å². The van der Waals surface area contributed by atoms with Crippen molar-refractivity contribution in [1.29, 1.82) is 0 Å².